The fourth-order valence-electron chi connectivity index (χ4n) is 4.46. The van der Waals surface area contributed by atoms with Crippen LogP contribution in [0.25, 0.3) is 0 Å². The zero-order valence-electron chi connectivity index (χ0n) is 20.8. The molecule has 1 aliphatic heterocycles. The molecule has 1 saturated heterocycles. The zero-order valence-corrected chi connectivity index (χ0v) is 20.8. The lowest BCUT2D eigenvalue weighted by Gasteiger charge is -2.44. The highest BCUT2D eigenvalue weighted by Crippen LogP contribution is 2.32. The summed E-state index contributed by atoms with van der Waals surface area (Å²) in [6, 6.07) is 5.07. The molecule has 1 N–H and O–H groups in total. The number of aliphatic hydroxyl groups is 1. The first-order valence-corrected chi connectivity index (χ1v) is 11.6. The molecule has 0 aliphatic carbocycles. The second-order valence-corrected chi connectivity index (χ2v) is 10.6. The number of β-amino-alcohol motifs (C(OH)–C–C–N with tert-alkyl or cyclic N) is 1. The Kier molecular flexibility index (Phi) is 7.20. The molecule has 0 atom stereocenters. The maximum absolute atomic E-state index is 13.4. The summed E-state index contributed by atoms with van der Waals surface area (Å²) >= 11 is 0. The Morgan fingerprint density at radius 2 is 1.82 bits per heavy atom. The molecule has 0 spiro atoms. The number of benzene rings is 1. The summed E-state index contributed by atoms with van der Waals surface area (Å²) in [6.45, 7) is 11.7. The van der Waals surface area contributed by atoms with Gasteiger partial charge in [0.05, 0.1) is 11.2 Å². The van der Waals surface area contributed by atoms with Gasteiger partial charge in [-0.15, -0.1) is 0 Å². The summed E-state index contributed by atoms with van der Waals surface area (Å²) < 4.78 is 44.2. The molecule has 9 heteroatoms. The number of nitrogens with zero attached hydrogens (tertiary/aromatic N) is 4. The number of likely N-dealkylation sites (tertiary alicyclic amines) is 1. The van der Waals surface area contributed by atoms with E-state index in [-0.39, 0.29) is 17.5 Å². The van der Waals surface area contributed by atoms with Gasteiger partial charge in [-0.3, -0.25) is 19.1 Å². The van der Waals surface area contributed by atoms with Crippen LogP contribution in [0.4, 0.5) is 13.2 Å². The molecule has 34 heavy (non-hydrogen) atoms. The first-order valence-electron chi connectivity index (χ1n) is 11.6. The summed E-state index contributed by atoms with van der Waals surface area (Å²) in [5, 5.41) is 10.0. The number of carbonyl (C=O) groups is 1. The quantitative estimate of drug-likeness (QED) is 0.673. The molecule has 0 unspecified atom stereocenters. The van der Waals surface area contributed by atoms with Crippen molar-refractivity contribution in [3.8, 4) is 0 Å². The third kappa shape index (κ3) is 5.81. The molecule has 1 aromatic heterocycles. The number of amides is 1. The minimum absolute atomic E-state index is 0.0652. The average molecular weight is 481 g/mol. The third-order valence-corrected chi connectivity index (χ3v) is 6.14. The largest absolute Gasteiger partial charge is 0.416 e. The standard InChI is InChI=1S/C25H35F3N4O2/c1-7-8-11-32-21(13-20(30(32)6)23(2,3)4)29-22(33)19-12-18(25(26,27)28)10-9-17(19)14-31-15-24(5,34)16-31/h9-10,12-13,34H,7-8,11,14-16H2,1-6H3/b29-21+. The van der Waals surface area contributed by atoms with E-state index < -0.39 is 23.2 Å². The van der Waals surface area contributed by atoms with E-state index in [0.717, 1.165) is 30.7 Å². The van der Waals surface area contributed by atoms with E-state index >= 15 is 0 Å². The maximum Gasteiger partial charge on any atom is 0.416 e. The van der Waals surface area contributed by atoms with Crippen molar-refractivity contribution < 1.29 is 23.1 Å². The number of alkyl halides is 3. The van der Waals surface area contributed by atoms with Crippen LogP contribution in [0.1, 0.15) is 74.6 Å². The highest BCUT2D eigenvalue weighted by molar-refractivity contribution is 5.96. The van der Waals surface area contributed by atoms with Gasteiger partial charge in [0, 0.05) is 56.0 Å². The van der Waals surface area contributed by atoms with Gasteiger partial charge in [-0.25, -0.2) is 0 Å². The molecule has 1 aromatic carbocycles. The smallest absolute Gasteiger partial charge is 0.388 e. The highest BCUT2D eigenvalue weighted by Gasteiger charge is 2.37. The fourth-order valence-corrected chi connectivity index (χ4v) is 4.46. The van der Waals surface area contributed by atoms with Crippen molar-refractivity contribution in [2.45, 2.75) is 77.7 Å². The Morgan fingerprint density at radius 1 is 1.18 bits per heavy atom. The van der Waals surface area contributed by atoms with Crippen molar-refractivity contribution >= 4 is 5.91 Å². The van der Waals surface area contributed by atoms with Crippen LogP contribution in [0, 0.1) is 0 Å². The van der Waals surface area contributed by atoms with Gasteiger partial charge in [0.2, 0.25) is 0 Å². The number of aromatic nitrogens is 2. The Balaban J connectivity index is 2.07. The summed E-state index contributed by atoms with van der Waals surface area (Å²) in [5.41, 5.74) is -0.0986. The lowest BCUT2D eigenvalue weighted by atomic mass is 9.92. The molecule has 1 amide bonds. The molecule has 188 valence electrons. The second kappa shape index (κ2) is 9.34. The lowest BCUT2D eigenvalue weighted by molar-refractivity contribution is -0.137. The topological polar surface area (TPSA) is 62.8 Å². The van der Waals surface area contributed by atoms with Crippen molar-refractivity contribution in [1.29, 1.82) is 0 Å². The second-order valence-electron chi connectivity index (χ2n) is 10.6. The van der Waals surface area contributed by atoms with Gasteiger partial charge < -0.3 is 5.11 Å². The number of hydrogen-bond acceptors (Lipinski definition) is 3. The molecule has 1 fully saturated rings. The first kappa shape index (κ1) is 26.2. The van der Waals surface area contributed by atoms with Gasteiger partial charge in [0.15, 0.2) is 5.49 Å². The zero-order chi connectivity index (χ0) is 25.5. The molecule has 2 heterocycles. The number of rotatable bonds is 6. The van der Waals surface area contributed by atoms with Gasteiger partial charge in [-0.2, -0.15) is 18.2 Å². The molecule has 0 saturated carbocycles. The van der Waals surface area contributed by atoms with Crippen LogP contribution in [0.2, 0.25) is 0 Å². The van der Waals surface area contributed by atoms with Gasteiger partial charge in [0.1, 0.15) is 0 Å². The van der Waals surface area contributed by atoms with E-state index in [1.165, 1.54) is 6.07 Å². The van der Waals surface area contributed by atoms with Crippen molar-refractivity contribution in [2.24, 2.45) is 12.0 Å². The summed E-state index contributed by atoms with van der Waals surface area (Å²) in [6.07, 6.45) is -2.73. The normalized spacial score (nSPS) is 17.2. The number of carbonyl (C=O) groups excluding carboxylic acids is 1. The van der Waals surface area contributed by atoms with E-state index in [0.29, 0.717) is 30.7 Å². The van der Waals surface area contributed by atoms with Crippen LogP contribution in [0.15, 0.2) is 29.3 Å². The van der Waals surface area contributed by atoms with Crippen molar-refractivity contribution in [2.75, 3.05) is 13.1 Å². The number of hydrogen-bond donors (Lipinski definition) is 1. The van der Waals surface area contributed by atoms with E-state index in [1.807, 2.05) is 27.4 Å². The number of halogens is 3. The Morgan fingerprint density at radius 3 is 2.35 bits per heavy atom. The highest BCUT2D eigenvalue weighted by atomic mass is 19.4. The van der Waals surface area contributed by atoms with Gasteiger partial charge in [-0.1, -0.05) is 40.2 Å². The van der Waals surface area contributed by atoms with Gasteiger partial charge in [0.25, 0.3) is 5.91 Å². The minimum Gasteiger partial charge on any atom is -0.388 e. The lowest BCUT2D eigenvalue weighted by Crippen LogP contribution is -2.59. The Bertz CT molecular complexity index is 1110. The molecule has 2 aromatic rings. The Labute approximate surface area is 198 Å². The van der Waals surface area contributed by atoms with Crippen molar-refractivity contribution in [3.63, 3.8) is 0 Å². The predicted molar refractivity (Wildman–Crippen MR) is 124 cm³/mol. The molecule has 0 bridgehead atoms. The van der Waals surface area contributed by atoms with Crippen molar-refractivity contribution in [1.82, 2.24) is 14.3 Å². The van der Waals surface area contributed by atoms with Gasteiger partial charge >= 0.3 is 6.18 Å². The van der Waals surface area contributed by atoms with E-state index in [9.17, 15) is 23.1 Å². The molecular formula is C25H35F3N4O2. The minimum atomic E-state index is -4.57. The molecule has 0 radical (unpaired) electrons. The van der Waals surface area contributed by atoms with Crippen LogP contribution in [0.3, 0.4) is 0 Å². The molecular weight excluding hydrogens is 445 g/mol. The SMILES string of the molecule is CCCCn1/c(=N/C(=O)c2cc(C(F)(F)F)ccc2CN2CC(C)(O)C2)cc(C(C)(C)C)n1C. The summed E-state index contributed by atoms with van der Waals surface area (Å²) in [7, 11) is 1.91. The summed E-state index contributed by atoms with van der Waals surface area (Å²) in [4.78, 5) is 19.5. The fraction of sp³-hybridized carbons (Fsp3) is 0.600. The van der Waals surface area contributed by atoms with Crippen LogP contribution in [-0.2, 0) is 31.7 Å². The third-order valence-electron chi connectivity index (χ3n) is 6.14. The molecule has 1 aliphatic rings. The van der Waals surface area contributed by atoms with Crippen LogP contribution in [0.5, 0.6) is 0 Å². The van der Waals surface area contributed by atoms with E-state index in [4.69, 9.17) is 0 Å². The van der Waals surface area contributed by atoms with E-state index in [2.05, 4.69) is 32.7 Å². The monoisotopic (exact) mass is 480 g/mol. The maximum atomic E-state index is 13.4. The summed E-state index contributed by atoms with van der Waals surface area (Å²) in [5.74, 6) is -0.704. The van der Waals surface area contributed by atoms with Gasteiger partial charge in [-0.05, 0) is 31.0 Å². The average Bonchev–Trinajstić information content (AvgIpc) is 2.99. The molecule has 6 nitrogen and oxygen atoms in total. The van der Waals surface area contributed by atoms with E-state index in [1.54, 1.807) is 6.92 Å². The number of unbranched alkanes of at least 4 members (excludes halogenated alkanes) is 1. The predicted octanol–water partition coefficient (Wildman–Crippen LogP) is 4.25. The molecule has 3 rings (SSSR count). The van der Waals surface area contributed by atoms with Crippen LogP contribution >= 0.6 is 0 Å². The van der Waals surface area contributed by atoms with Crippen LogP contribution in [-0.4, -0.2) is 44.0 Å². The van der Waals surface area contributed by atoms with Crippen LogP contribution < -0.4 is 5.49 Å². The Hall–Kier alpha value is -2.39. The first-order chi connectivity index (χ1) is 15.6. The van der Waals surface area contributed by atoms with Crippen molar-refractivity contribution in [3.05, 3.63) is 52.1 Å².